The van der Waals surface area contributed by atoms with Gasteiger partial charge in [0.05, 0.1) is 6.54 Å². The minimum absolute atomic E-state index is 0.0688. The number of likely N-dealkylation sites (N-methyl/N-ethyl adjacent to an activating group) is 1. The first kappa shape index (κ1) is 20.7. The number of ether oxygens (including phenoxy) is 1. The van der Waals surface area contributed by atoms with E-state index >= 15 is 0 Å². The third kappa shape index (κ3) is 8.93. The summed E-state index contributed by atoms with van der Waals surface area (Å²) in [6, 6.07) is 6.04. The minimum atomic E-state index is -0.330. The van der Waals surface area contributed by atoms with E-state index in [1.165, 1.54) is 17.0 Å². The molecule has 0 fully saturated rings. The van der Waals surface area contributed by atoms with E-state index in [1.807, 2.05) is 6.92 Å². The molecule has 6 nitrogen and oxygen atoms in total. The molecular weight excluding hydrogens is 323 g/mol. The Morgan fingerprint density at radius 3 is 2.76 bits per heavy atom. The number of halogens is 1. The summed E-state index contributed by atoms with van der Waals surface area (Å²) in [6.45, 7) is 5.32. The summed E-state index contributed by atoms with van der Waals surface area (Å²) in [4.78, 5) is 17.5. The number of rotatable bonds is 9. The number of aliphatic imine (C=N–C) groups is 1. The molecule has 1 aromatic carbocycles. The second-order valence-electron chi connectivity index (χ2n) is 6.00. The van der Waals surface area contributed by atoms with Crippen molar-refractivity contribution < 1.29 is 13.9 Å². The highest BCUT2D eigenvalue weighted by molar-refractivity contribution is 5.84. The maximum atomic E-state index is 13.2. The summed E-state index contributed by atoms with van der Waals surface area (Å²) in [6.07, 6.45) is 1.89. The van der Waals surface area contributed by atoms with Crippen LogP contribution in [0.3, 0.4) is 0 Å². The lowest BCUT2D eigenvalue weighted by molar-refractivity contribution is -0.127. The molecule has 1 amide bonds. The summed E-state index contributed by atoms with van der Waals surface area (Å²) in [5, 5.41) is 6.35. The predicted octanol–water partition coefficient (Wildman–Crippen LogP) is 2.02. The molecule has 0 bridgehead atoms. The van der Waals surface area contributed by atoms with Gasteiger partial charge in [-0.25, -0.2) is 9.38 Å². The Kier molecular flexibility index (Phi) is 9.36. The van der Waals surface area contributed by atoms with Gasteiger partial charge in [0, 0.05) is 26.7 Å². The number of unbranched alkanes of at least 4 members (excludes halogenated alkanes) is 1. The predicted molar refractivity (Wildman–Crippen MR) is 98.4 cm³/mol. The maximum Gasteiger partial charge on any atom is 0.243 e. The zero-order valence-electron chi connectivity index (χ0n) is 15.5. The van der Waals surface area contributed by atoms with Crippen molar-refractivity contribution in [2.75, 3.05) is 33.7 Å². The second-order valence-corrected chi connectivity index (χ2v) is 6.00. The van der Waals surface area contributed by atoms with Gasteiger partial charge in [-0.3, -0.25) is 4.79 Å². The molecule has 140 valence electrons. The van der Waals surface area contributed by atoms with Crippen molar-refractivity contribution in [1.82, 2.24) is 15.5 Å². The fourth-order valence-electron chi connectivity index (χ4n) is 1.90. The molecule has 1 rings (SSSR count). The van der Waals surface area contributed by atoms with Gasteiger partial charge in [-0.15, -0.1) is 0 Å². The van der Waals surface area contributed by atoms with Crippen LogP contribution in [0.4, 0.5) is 4.39 Å². The lowest BCUT2D eigenvalue weighted by Crippen LogP contribution is -2.42. The van der Waals surface area contributed by atoms with Gasteiger partial charge in [0.2, 0.25) is 5.91 Å². The highest BCUT2D eigenvalue weighted by Crippen LogP contribution is 2.13. The van der Waals surface area contributed by atoms with Gasteiger partial charge in [0.15, 0.2) is 5.96 Å². The zero-order chi connectivity index (χ0) is 18.7. The number of amides is 1. The second kappa shape index (κ2) is 11.3. The molecule has 0 spiro atoms. The lowest BCUT2D eigenvalue weighted by atomic mass is 10.3. The largest absolute Gasteiger partial charge is 0.489 e. The van der Waals surface area contributed by atoms with Crippen LogP contribution in [0.25, 0.3) is 0 Å². The van der Waals surface area contributed by atoms with Gasteiger partial charge in [0.1, 0.15) is 24.2 Å². The Morgan fingerprint density at radius 2 is 2.12 bits per heavy atom. The summed E-state index contributed by atoms with van der Waals surface area (Å²) in [5.74, 6) is 0.650. The van der Waals surface area contributed by atoms with Crippen LogP contribution in [0.5, 0.6) is 5.75 Å². The van der Waals surface area contributed by atoms with E-state index in [0.29, 0.717) is 18.3 Å². The number of carbonyl (C=O) groups is 1. The standard InChI is InChI=1S/C18H29FN4O2/c1-5-6-10-20-18(22-13-17(24)23(3)4)21-12-14(2)25-16-9-7-8-15(19)11-16/h7-9,11,14H,5-6,10,12-13H2,1-4H3,(H2,20,21,22). The van der Waals surface area contributed by atoms with E-state index < -0.39 is 0 Å². The quantitative estimate of drug-likeness (QED) is 0.405. The van der Waals surface area contributed by atoms with Crippen LogP contribution < -0.4 is 15.4 Å². The summed E-state index contributed by atoms with van der Waals surface area (Å²) >= 11 is 0. The zero-order valence-corrected chi connectivity index (χ0v) is 15.5. The Hall–Kier alpha value is -2.31. The molecule has 1 aromatic rings. The third-order valence-corrected chi connectivity index (χ3v) is 3.38. The van der Waals surface area contributed by atoms with Crippen LogP contribution in [-0.4, -0.2) is 56.6 Å². The first-order chi connectivity index (χ1) is 11.9. The van der Waals surface area contributed by atoms with Crippen molar-refractivity contribution >= 4 is 11.9 Å². The number of guanidine groups is 1. The Bertz CT molecular complexity index is 564. The smallest absolute Gasteiger partial charge is 0.243 e. The van der Waals surface area contributed by atoms with Gasteiger partial charge < -0.3 is 20.3 Å². The molecule has 0 radical (unpaired) electrons. The molecule has 0 aromatic heterocycles. The fourth-order valence-corrected chi connectivity index (χ4v) is 1.90. The molecule has 1 unspecified atom stereocenters. The van der Waals surface area contributed by atoms with Gasteiger partial charge in [-0.2, -0.15) is 0 Å². The fraction of sp³-hybridized carbons (Fsp3) is 0.556. The molecule has 0 aliphatic carbocycles. The Morgan fingerprint density at radius 1 is 1.36 bits per heavy atom. The van der Waals surface area contributed by atoms with Gasteiger partial charge in [0.25, 0.3) is 0 Å². The average molecular weight is 352 g/mol. The van der Waals surface area contributed by atoms with E-state index in [4.69, 9.17) is 4.74 Å². The Labute approximate surface area is 149 Å². The molecule has 7 heteroatoms. The van der Waals surface area contributed by atoms with E-state index in [1.54, 1.807) is 26.2 Å². The average Bonchev–Trinajstić information content (AvgIpc) is 2.56. The third-order valence-electron chi connectivity index (χ3n) is 3.38. The highest BCUT2D eigenvalue weighted by Gasteiger charge is 2.08. The summed E-state index contributed by atoms with van der Waals surface area (Å²) < 4.78 is 18.9. The van der Waals surface area contributed by atoms with Crippen LogP contribution in [0.15, 0.2) is 29.3 Å². The first-order valence-electron chi connectivity index (χ1n) is 8.57. The van der Waals surface area contributed by atoms with Crippen LogP contribution in [-0.2, 0) is 4.79 Å². The van der Waals surface area contributed by atoms with Crippen molar-refractivity contribution in [1.29, 1.82) is 0 Å². The van der Waals surface area contributed by atoms with Crippen LogP contribution in [0, 0.1) is 5.82 Å². The first-order valence-corrected chi connectivity index (χ1v) is 8.57. The number of carbonyl (C=O) groups excluding carboxylic acids is 1. The highest BCUT2D eigenvalue weighted by atomic mass is 19.1. The van der Waals surface area contributed by atoms with Crippen molar-refractivity contribution in [2.45, 2.75) is 32.8 Å². The SMILES string of the molecule is CCCCNC(=NCC(=O)N(C)C)NCC(C)Oc1cccc(F)c1. The van der Waals surface area contributed by atoms with E-state index in [9.17, 15) is 9.18 Å². The van der Waals surface area contributed by atoms with Crippen molar-refractivity contribution in [3.63, 3.8) is 0 Å². The molecular formula is C18H29FN4O2. The van der Waals surface area contributed by atoms with Gasteiger partial charge in [-0.05, 0) is 25.5 Å². The molecule has 0 saturated heterocycles. The number of hydrogen-bond donors (Lipinski definition) is 2. The topological polar surface area (TPSA) is 66.0 Å². The molecule has 0 heterocycles. The van der Waals surface area contributed by atoms with Crippen molar-refractivity contribution in [3.8, 4) is 5.75 Å². The number of nitrogens with one attached hydrogen (secondary N) is 2. The van der Waals surface area contributed by atoms with Crippen molar-refractivity contribution in [2.24, 2.45) is 4.99 Å². The lowest BCUT2D eigenvalue weighted by Gasteiger charge is -2.18. The number of hydrogen-bond acceptors (Lipinski definition) is 3. The minimum Gasteiger partial charge on any atom is -0.489 e. The molecule has 0 saturated carbocycles. The molecule has 0 aliphatic rings. The summed E-state index contributed by atoms with van der Waals surface area (Å²) in [5.41, 5.74) is 0. The summed E-state index contributed by atoms with van der Waals surface area (Å²) in [7, 11) is 3.40. The van der Waals surface area contributed by atoms with Crippen LogP contribution >= 0.6 is 0 Å². The normalized spacial score (nSPS) is 12.4. The van der Waals surface area contributed by atoms with Gasteiger partial charge in [-0.1, -0.05) is 19.4 Å². The molecule has 1 atom stereocenters. The Balaban J connectivity index is 2.54. The molecule has 0 aliphatic heterocycles. The number of nitrogens with zero attached hydrogens (tertiary/aromatic N) is 2. The van der Waals surface area contributed by atoms with E-state index in [0.717, 1.165) is 19.4 Å². The monoisotopic (exact) mass is 352 g/mol. The van der Waals surface area contributed by atoms with E-state index in [-0.39, 0.29) is 24.4 Å². The molecule has 25 heavy (non-hydrogen) atoms. The van der Waals surface area contributed by atoms with Crippen LogP contribution in [0.2, 0.25) is 0 Å². The van der Waals surface area contributed by atoms with E-state index in [2.05, 4.69) is 22.5 Å². The van der Waals surface area contributed by atoms with Crippen LogP contribution in [0.1, 0.15) is 26.7 Å². The van der Waals surface area contributed by atoms with Crippen molar-refractivity contribution in [3.05, 3.63) is 30.1 Å². The maximum absolute atomic E-state index is 13.2. The molecule has 2 N–H and O–H groups in total. The van der Waals surface area contributed by atoms with Gasteiger partial charge >= 0.3 is 0 Å². The number of benzene rings is 1.